The number of halogens is 2. The van der Waals surface area contributed by atoms with Gasteiger partial charge in [-0.2, -0.15) is 8.78 Å². The first-order chi connectivity index (χ1) is 8.99. The van der Waals surface area contributed by atoms with Crippen molar-refractivity contribution in [1.29, 1.82) is 0 Å². The maximum absolute atomic E-state index is 12.1. The lowest BCUT2D eigenvalue weighted by molar-refractivity contribution is -0.0498. The van der Waals surface area contributed by atoms with Crippen molar-refractivity contribution < 1.29 is 23.4 Å². The molecule has 0 bridgehead atoms. The summed E-state index contributed by atoms with van der Waals surface area (Å²) in [6.45, 7) is 0.971. The summed E-state index contributed by atoms with van der Waals surface area (Å²) >= 11 is 0. The molecule has 0 radical (unpaired) electrons. The van der Waals surface area contributed by atoms with E-state index in [2.05, 4.69) is 4.74 Å². The first-order valence-electron chi connectivity index (χ1n) is 5.96. The fourth-order valence-electron chi connectivity index (χ4n) is 1.70. The highest BCUT2D eigenvalue weighted by molar-refractivity contribution is 5.94. The molecular weight excluding hydrogens is 256 g/mol. The molecule has 0 fully saturated rings. The zero-order valence-corrected chi connectivity index (χ0v) is 10.8. The molecule has 4 nitrogen and oxygen atoms in total. The molecule has 1 N–H and O–H groups in total. The van der Waals surface area contributed by atoms with E-state index in [0.717, 1.165) is 0 Å². The Morgan fingerprint density at radius 2 is 1.95 bits per heavy atom. The Hall–Kier alpha value is -1.69. The Bertz CT molecular complexity index is 409. The quantitative estimate of drug-likeness (QED) is 0.863. The number of carbonyl (C=O) groups excluding carboxylic acids is 1. The van der Waals surface area contributed by atoms with E-state index in [9.17, 15) is 13.6 Å². The van der Waals surface area contributed by atoms with Crippen molar-refractivity contribution in [3.8, 4) is 5.75 Å². The summed E-state index contributed by atoms with van der Waals surface area (Å²) in [4.78, 5) is 13.6. The Labute approximate surface area is 110 Å². The van der Waals surface area contributed by atoms with Gasteiger partial charge in [-0.05, 0) is 38.1 Å². The normalized spacial score (nSPS) is 12.3. The lowest BCUT2D eigenvalue weighted by Gasteiger charge is -2.26. The molecule has 0 spiro atoms. The third-order valence-corrected chi connectivity index (χ3v) is 2.72. The maximum Gasteiger partial charge on any atom is 0.387 e. The first-order valence-corrected chi connectivity index (χ1v) is 5.96. The zero-order valence-electron chi connectivity index (χ0n) is 10.8. The number of hydrogen-bond donors (Lipinski definition) is 1. The van der Waals surface area contributed by atoms with Crippen molar-refractivity contribution in [2.24, 2.45) is 0 Å². The molecule has 0 saturated carbocycles. The maximum atomic E-state index is 12.1. The van der Waals surface area contributed by atoms with E-state index in [-0.39, 0.29) is 24.3 Å². The van der Waals surface area contributed by atoms with Crippen LogP contribution in [0.15, 0.2) is 24.3 Å². The van der Waals surface area contributed by atoms with E-state index in [1.54, 1.807) is 13.8 Å². The highest BCUT2D eigenvalue weighted by Crippen LogP contribution is 2.16. The summed E-state index contributed by atoms with van der Waals surface area (Å²) in [6, 6.07) is 5.18. The number of aliphatic hydroxyl groups is 1. The van der Waals surface area contributed by atoms with Crippen LogP contribution in [-0.2, 0) is 0 Å². The van der Waals surface area contributed by atoms with E-state index >= 15 is 0 Å². The minimum Gasteiger partial charge on any atom is -0.435 e. The van der Waals surface area contributed by atoms with E-state index in [0.29, 0.717) is 12.1 Å². The van der Waals surface area contributed by atoms with Gasteiger partial charge in [0.1, 0.15) is 5.75 Å². The zero-order chi connectivity index (χ0) is 14.4. The molecule has 1 aromatic carbocycles. The number of hydrogen-bond acceptors (Lipinski definition) is 3. The van der Waals surface area contributed by atoms with E-state index in [1.807, 2.05) is 0 Å². The Kier molecular flexibility index (Phi) is 5.69. The van der Waals surface area contributed by atoms with Gasteiger partial charge in [-0.3, -0.25) is 4.79 Å². The fraction of sp³-hybridized carbons (Fsp3) is 0.462. The molecule has 0 heterocycles. The average Bonchev–Trinajstić information content (AvgIpc) is 2.39. The second-order valence-corrected chi connectivity index (χ2v) is 4.03. The number of alkyl halides is 2. The average molecular weight is 273 g/mol. The molecule has 6 heteroatoms. The number of likely N-dealkylation sites (N-methyl/N-ethyl adjacent to an activating group) is 1. The third kappa shape index (κ3) is 4.17. The molecule has 0 aromatic heterocycles. The topological polar surface area (TPSA) is 49.8 Å². The van der Waals surface area contributed by atoms with Crippen LogP contribution in [0.2, 0.25) is 0 Å². The predicted octanol–water partition coefficient (Wildman–Crippen LogP) is 2.13. The number of carbonyl (C=O) groups is 1. The molecular formula is C13H17F2NO3. The van der Waals surface area contributed by atoms with Crippen LogP contribution < -0.4 is 4.74 Å². The van der Waals surface area contributed by atoms with Gasteiger partial charge >= 0.3 is 6.61 Å². The smallest absolute Gasteiger partial charge is 0.387 e. The monoisotopic (exact) mass is 273 g/mol. The van der Waals surface area contributed by atoms with Gasteiger partial charge in [0.2, 0.25) is 0 Å². The standard InChI is InChI=1S/C13H17F2NO3/c1-3-16(9(2)8-17)12(18)10-4-6-11(7-5-10)19-13(14)15/h4-7,9,13,17H,3,8H2,1-2H3. The lowest BCUT2D eigenvalue weighted by atomic mass is 10.1. The van der Waals surface area contributed by atoms with Crippen molar-refractivity contribution >= 4 is 5.91 Å². The van der Waals surface area contributed by atoms with Gasteiger partial charge in [-0.15, -0.1) is 0 Å². The molecule has 19 heavy (non-hydrogen) atoms. The van der Waals surface area contributed by atoms with Crippen LogP contribution in [0.1, 0.15) is 24.2 Å². The van der Waals surface area contributed by atoms with E-state index < -0.39 is 6.61 Å². The summed E-state index contributed by atoms with van der Waals surface area (Å²) < 4.78 is 28.2. The number of nitrogens with zero attached hydrogens (tertiary/aromatic N) is 1. The number of rotatable bonds is 6. The van der Waals surface area contributed by atoms with Crippen LogP contribution in [0.25, 0.3) is 0 Å². The van der Waals surface area contributed by atoms with Crippen molar-refractivity contribution in [2.45, 2.75) is 26.5 Å². The minimum absolute atomic E-state index is 0.00445. The van der Waals surface area contributed by atoms with Gasteiger partial charge in [0.05, 0.1) is 12.6 Å². The summed E-state index contributed by atoms with van der Waals surface area (Å²) in [6.07, 6.45) is 0. The SMILES string of the molecule is CCN(C(=O)c1ccc(OC(F)F)cc1)C(C)CO. The highest BCUT2D eigenvalue weighted by atomic mass is 19.3. The van der Waals surface area contributed by atoms with Crippen LogP contribution in [0, 0.1) is 0 Å². The van der Waals surface area contributed by atoms with Gasteiger partial charge in [0.25, 0.3) is 5.91 Å². The van der Waals surface area contributed by atoms with Gasteiger partial charge in [0.15, 0.2) is 0 Å². The molecule has 0 aliphatic rings. The van der Waals surface area contributed by atoms with Crippen molar-refractivity contribution in [1.82, 2.24) is 4.90 Å². The Morgan fingerprint density at radius 1 is 1.37 bits per heavy atom. The van der Waals surface area contributed by atoms with Gasteiger partial charge in [0, 0.05) is 12.1 Å². The van der Waals surface area contributed by atoms with Crippen molar-refractivity contribution in [2.75, 3.05) is 13.2 Å². The van der Waals surface area contributed by atoms with Crippen LogP contribution >= 0.6 is 0 Å². The van der Waals surface area contributed by atoms with E-state index in [1.165, 1.54) is 29.2 Å². The van der Waals surface area contributed by atoms with Crippen LogP contribution in [0.5, 0.6) is 5.75 Å². The summed E-state index contributed by atoms with van der Waals surface area (Å²) in [5, 5.41) is 9.08. The predicted molar refractivity (Wildman–Crippen MR) is 66.3 cm³/mol. The molecule has 1 unspecified atom stereocenters. The molecule has 1 rings (SSSR count). The third-order valence-electron chi connectivity index (χ3n) is 2.72. The van der Waals surface area contributed by atoms with Gasteiger partial charge in [-0.25, -0.2) is 0 Å². The Morgan fingerprint density at radius 3 is 2.37 bits per heavy atom. The van der Waals surface area contributed by atoms with Gasteiger partial charge in [-0.1, -0.05) is 0 Å². The molecule has 1 atom stereocenters. The van der Waals surface area contributed by atoms with Crippen LogP contribution in [0.3, 0.4) is 0 Å². The molecule has 1 aromatic rings. The van der Waals surface area contributed by atoms with E-state index in [4.69, 9.17) is 5.11 Å². The van der Waals surface area contributed by atoms with Gasteiger partial charge < -0.3 is 14.7 Å². The first kappa shape index (κ1) is 15.4. The lowest BCUT2D eigenvalue weighted by Crippen LogP contribution is -2.40. The molecule has 0 saturated heterocycles. The molecule has 106 valence electrons. The molecule has 0 aliphatic carbocycles. The van der Waals surface area contributed by atoms with Crippen molar-refractivity contribution in [3.63, 3.8) is 0 Å². The largest absolute Gasteiger partial charge is 0.435 e. The highest BCUT2D eigenvalue weighted by Gasteiger charge is 2.19. The molecule has 0 aliphatic heterocycles. The van der Waals surface area contributed by atoms with Crippen LogP contribution in [-0.4, -0.2) is 41.7 Å². The summed E-state index contributed by atoms with van der Waals surface area (Å²) in [5.41, 5.74) is 0.365. The van der Waals surface area contributed by atoms with Crippen LogP contribution in [0.4, 0.5) is 8.78 Å². The number of benzene rings is 1. The second kappa shape index (κ2) is 7.04. The number of aliphatic hydroxyl groups excluding tert-OH is 1. The molecule has 1 amide bonds. The minimum atomic E-state index is -2.89. The van der Waals surface area contributed by atoms with Crippen molar-refractivity contribution in [3.05, 3.63) is 29.8 Å². The second-order valence-electron chi connectivity index (χ2n) is 4.03. The number of amides is 1. The number of ether oxygens (including phenoxy) is 1. The summed E-state index contributed by atoms with van der Waals surface area (Å²) in [5.74, 6) is -0.252. The fourth-order valence-corrected chi connectivity index (χ4v) is 1.70. The summed E-state index contributed by atoms with van der Waals surface area (Å²) in [7, 11) is 0. The Balaban J connectivity index is 2.82.